The lowest BCUT2D eigenvalue weighted by molar-refractivity contribution is 0.0110. The van der Waals surface area contributed by atoms with Crippen LogP contribution < -0.4 is 0 Å². The van der Waals surface area contributed by atoms with Crippen LogP contribution in [-0.2, 0) is 4.57 Å². The molecule has 0 aliphatic rings. The zero-order valence-corrected chi connectivity index (χ0v) is 7.34. The first-order valence-electron chi connectivity index (χ1n) is 3.28. The van der Waals surface area contributed by atoms with Crippen molar-refractivity contribution in [3.63, 3.8) is 0 Å². The Kier molecular flexibility index (Phi) is 19.3. The van der Waals surface area contributed by atoms with E-state index in [-0.39, 0.29) is 8.46 Å². The van der Waals surface area contributed by atoms with Crippen molar-refractivity contribution in [1.29, 1.82) is 0 Å². The number of hydrogen-bond acceptors (Lipinski definition) is 1. The van der Waals surface area contributed by atoms with Gasteiger partial charge < -0.3 is 5.53 Å². The van der Waals surface area contributed by atoms with E-state index in [1.807, 2.05) is 0 Å². The Balaban J connectivity index is 0. The second-order valence-corrected chi connectivity index (χ2v) is 2.53. The van der Waals surface area contributed by atoms with Crippen molar-refractivity contribution < 1.29 is 9.35 Å². The molecule has 58 valence electrons. The lowest BCUT2D eigenvalue weighted by Crippen LogP contribution is -1.71. The maximum Gasteiger partial charge on any atom is 0.324 e. The van der Waals surface area contributed by atoms with E-state index in [1.165, 1.54) is 12.8 Å². The van der Waals surface area contributed by atoms with Gasteiger partial charge in [-0.15, -0.1) is 0 Å². The molecule has 3 nitrogen and oxygen atoms in total. The van der Waals surface area contributed by atoms with Crippen LogP contribution in [0.5, 0.6) is 0 Å². The molecule has 0 aromatic carbocycles. The number of nitrogens with zero attached hydrogens (tertiary/aromatic N) is 2. The van der Waals surface area contributed by atoms with Crippen molar-refractivity contribution in [2.45, 2.75) is 26.2 Å². The first kappa shape index (κ1) is 12.2. The van der Waals surface area contributed by atoms with E-state index in [4.69, 9.17) is 5.53 Å². The molecule has 10 heavy (non-hydrogen) atoms. The molecular formula is C6H14N2OP+. The van der Waals surface area contributed by atoms with Crippen LogP contribution in [0.3, 0.4) is 0 Å². The van der Waals surface area contributed by atoms with Gasteiger partial charge >= 0.3 is 8.46 Å². The van der Waals surface area contributed by atoms with Crippen LogP contribution in [0.1, 0.15) is 26.2 Å². The molecule has 0 aliphatic carbocycles. The minimum absolute atomic E-state index is 0.0824. The smallest absolute Gasteiger partial charge is 0.324 e. The van der Waals surface area contributed by atoms with Crippen LogP contribution in [0.25, 0.3) is 5.53 Å². The second-order valence-electron chi connectivity index (χ2n) is 1.74. The summed E-state index contributed by atoms with van der Waals surface area (Å²) < 4.78 is 9.83. The van der Waals surface area contributed by atoms with E-state index in [2.05, 4.69) is 18.4 Å². The number of unbranched alkanes of at least 4 members (excludes halogenated alkanes) is 2. The Bertz CT molecular complexity index is 99.9. The van der Waals surface area contributed by atoms with Crippen molar-refractivity contribution in [2.24, 2.45) is 0 Å². The van der Waals surface area contributed by atoms with Gasteiger partial charge in [-0.1, -0.05) is 17.9 Å². The van der Waals surface area contributed by atoms with E-state index in [9.17, 15) is 4.57 Å². The van der Waals surface area contributed by atoms with Gasteiger partial charge in [0.1, 0.15) is 6.16 Å². The molecule has 0 aromatic heterocycles. The molecule has 0 N–H and O–H groups in total. The average molecular weight is 161 g/mol. The summed E-state index contributed by atoms with van der Waals surface area (Å²) >= 11 is 0. The average Bonchev–Trinajstić information content (AvgIpc) is 1.91. The molecule has 1 atom stereocenters. The fourth-order valence-corrected chi connectivity index (χ4v) is 0.842. The highest BCUT2D eigenvalue weighted by molar-refractivity contribution is 7.23. The van der Waals surface area contributed by atoms with Gasteiger partial charge in [-0.25, -0.2) is 0 Å². The molecule has 0 spiro atoms. The predicted octanol–water partition coefficient (Wildman–Crippen LogP) is 2.12. The van der Waals surface area contributed by atoms with Crippen molar-refractivity contribution in [1.82, 2.24) is 0 Å². The Morgan fingerprint density at radius 1 is 1.60 bits per heavy atom. The fourth-order valence-electron chi connectivity index (χ4n) is 0.447. The lowest BCUT2D eigenvalue weighted by atomic mass is 10.3. The third-order valence-corrected chi connectivity index (χ3v) is 1.44. The molecule has 0 fully saturated rings. The minimum Gasteiger partial charge on any atom is -0.362 e. The molecule has 0 bridgehead atoms. The molecular weight excluding hydrogens is 147 g/mol. The first-order valence-corrected chi connectivity index (χ1v) is 4.40. The van der Waals surface area contributed by atoms with Crippen molar-refractivity contribution in [3.05, 3.63) is 5.53 Å². The van der Waals surface area contributed by atoms with Gasteiger partial charge in [0.2, 0.25) is 6.72 Å². The summed E-state index contributed by atoms with van der Waals surface area (Å²) in [4.78, 5) is 2.25. The molecule has 0 radical (unpaired) electrons. The molecule has 0 heterocycles. The zero-order chi connectivity index (χ0) is 8.24. The van der Waals surface area contributed by atoms with Crippen molar-refractivity contribution >= 4 is 15.2 Å². The summed E-state index contributed by atoms with van der Waals surface area (Å²) in [6, 6.07) is 0. The van der Waals surface area contributed by atoms with Crippen molar-refractivity contribution in [2.75, 3.05) is 6.16 Å². The molecule has 0 saturated heterocycles. The van der Waals surface area contributed by atoms with Crippen molar-refractivity contribution in [3.8, 4) is 0 Å². The van der Waals surface area contributed by atoms with Crippen LogP contribution in [0, 0.1) is 0 Å². The predicted molar refractivity (Wildman–Crippen MR) is 44.1 cm³/mol. The summed E-state index contributed by atoms with van der Waals surface area (Å²) in [6.45, 7) is 4.81. The second kappa shape index (κ2) is 15.8. The van der Waals surface area contributed by atoms with E-state index in [0.29, 0.717) is 0 Å². The largest absolute Gasteiger partial charge is 0.362 e. The normalized spacial score (nSPS) is 7.70. The molecule has 0 amide bonds. The minimum atomic E-state index is -0.0824. The third kappa shape index (κ3) is 25.9. The van der Waals surface area contributed by atoms with Gasteiger partial charge in [-0.3, -0.25) is 0 Å². The monoisotopic (exact) mass is 161 g/mol. The summed E-state index contributed by atoms with van der Waals surface area (Å²) in [6.07, 6.45) is 4.49. The van der Waals surface area contributed by atoms with Crippen LogP contribution in [0.2, 0.25) is 0 Å². The van der Waals surface area contributed by atoms with E-state index < -0.39 is 0 Å². The summed E-state index contributed by atoms with van der Waals surface area (Å²) in [5, 5.41) is 0. The standard InChI is InChI=1S/C5H11OP.CH2N2/c1-2-3-4-5-7-6;1-3-2/h2-5H2,1H3;1H2/p+1. The van der Waals surface area contributed by atoms with Gasteiger partial charge in [0.05, 0.1) is 0 Å². The van der Waals surface area contributed by atoms with Crippen LogP contribution >= 0.6 is 8.46 Å². The lowest BCUT2D eigenvalue weighted by Gasteiger charge is -1.81. The quantitative estimate of drug-likeness (QED) is 0.205. The molecule has 0 rings (SSSR count). The summed E-state index contributed by atoms with van der Waals surface area (Å²) in [5.74, 6) is 0. The Labute approximate surface area is 63.3 Å². The fraction of sp³-hybridized carbons (Fsp3) is 0.833. The topological polar surface area (TPSA) is 53.5 Å². The van der Waals surface area contributed by atoms with Gasteiger partial charge in [-0.05, 0) is 12.8 Å². The maximum atomic E-state index is 9.83. The Hall–Kier alpha value is -0.520. The Morgan fingerprint density at radius 2 is 2.10 bits per heavy atom. The highest BCUT2D eigenvalue weighted by Gasteiger charge is 1.87. The Morgan fingerprint density at radius 3 is 2.40 bits per heavy atom. The molecule has 1 unspecified atom stereocenters. The van der Waals surface area contributed by atoms with Crippen LogP contribution in [-0.4, -0.2) is 17.7 Å². The van der Waals surface area contributed by atoms with E-state index >= 15 is 0 Å². The van der Waals surface area contributed by atoms with Gasteiger partial charge in [-0.2, -0.15) is 4.79 Å². The first-order chi connectivity index (χ1) is 4.83. The molecule has 4 heteroatoms. The molecule has 0 saturated carbocycles. The van der Waals surface area contributed by atoms with Gasteiger partial charge in [0, 0.05) is 0 Å². The van der Waals surface area contributed by atoms with Gasteiger partial charge in [0.15, 0.2) is 0 Å². The highest BCUT2D eigenvalue weighted by Crippen LogP contribution is 2.00. The molecule has 0 aromatic rings. The number of hydrogen-bond donors (Lipinski definition) is 0. The SMILES string of the molecule is C=[N+]=[N-].CCCCC[PH+]=O. The summed E-state index contributed by atoms with van der Waals surface area (Å²) in [7, 11) is -0.0824. The molecule has 0 aliphatic heterocycles. The van der Waals surface area contributed by atoms with Gasteiger partial charge in [0.25, 0.3) is 0 Å². The van der Waals surface area contributed by atoms with E-state index in [0.717, 1.165) is 12.6 Å². The maximum absolute atomic E-state index is 9.83. The van der Waals surface area contributed by atoms with Crippen LogP contribution in [0.4, 0.5) is 0 Å². The highest BCUT2D eigenvalue weighted by atomic mass is 31.1. The third-order valence-electron chi connectivity index (χ3n) is 0.882. The van der Waals surface area contributed by atoms with E-state index in [1.54, 1.807) is 0 Å². The summed E-state index contributed by atoms with van der Waals surface area (Å²) in [5.41, 5.74) is 7.08. The van der Waals surface area contributed by atoms with Crippen LogP contribution in [0.15, 0.2) is 0 Å². The number of rotatable bonds is 4. The zero-order valence-electron chi connectivity index (χ0n) is 6.34.